The van der Waals surface area contributed by atoms with Gasteiger partial charge in [0.05, 0.1) is 0 Å². The molecule has 1 aromatic rings. The Hall–Kier alpha value is -1.11. The molecule has 0 aliphatic carbocycles. The van der Waals surface area contributed by atoms with Gasteiger partial charge >= 0.3 is 0 Å². The fraction of sp³-hybridized carbons (Fsp3) is 0.467. The third kappa shape index (κ3) is 5.03. The first-order valence-corrected chi connectivity index (χ1v) is 9.49. The molecule has 0 amide bonds. The summed E-state index contributed by atoms with van der Waals surface area (Å²) in [5.41, 5.74) is 1.24. The summed E-state index contributed by atoms with van der Waals surface area (Å²) in [7, 11) is -1.62. The molecule has 0 fully saturated rings. The fourth-order valence-electron chi connectivity index (χ4n) is 1.78. The number of hydrogen-bond acceptors (Lipinski definition) is 1. The van der Waals surface area contributed by atoms with Gasteiger partial charge in [0.25, 0.3) is 0 Å². The van der Waals surface area contributed by atoms with Gasteiger partial charge in [0.2, 0.25) is 0 Å². The molecule has 0 bridgehead atoms. The predicted molar refractivity (Wildman–Crippen MR) is 76.5 cm³/mol. The second kappa shape index (κ2) is 5.25. The molecule has 0 radical (unpaired) electrons. The van der Waals surface area contributed by atoms with Crippen LogP contribution in [0.2, 0.25) is 19.6 Å². The van der Waals surface area contributed by atoms with Crippen molar-refractivity contribution in [3.8, 4) is 11.8 Å². The molecule has 3 heteroatoms. The van der Waals surface area contributed by atoms with E-state index in [2.05, 4.69) is 31.5 Å². The van der Waals surface area contributed by atoms with Gasteiger partial charge in [0.1, 0.15) is 11.4 Å². The van der Waals surface area contributed by atoms with E-state index < -0.39 is 13.9 Å². The number of rotatable bonds is 2. The molecule has 0 saturated heterocycles. The lowest BCUT2D eigenvalue weighted by atomic mass is 10.1. The van der Waals surface area contributed by atoms with Crippen LogP contribution in [0.4, 0.5) is 4.39 Å². The van der Waals surface area contributed by atoms with Crippen molar-refractivity contribution in [2.24, 2.45) is 0 Å². The summed E-state index contributed by atoms with van der Waals surface area (Å²) in [6.45, 7) is 12.2. The smallest absolute Gasteiger partial charge is 0.185 e. The molecule has 1 aromatic carbocycles. The largest absolute Gasteiger partial charge is 0.402 e. The molecule has 18 heavy (non-hydrogen) atoms. The van der Waals surface area contributed by atoms with E-state index in [0.717, 1.165) is 11.1 Å². The van der Waals surface area contributed by atoms with E-state index >= 15 is 0 Å². The summed E-state index contributed by atoms with van der Waals surface area (Å²) < 4.78 is 19.0. The molecular formula is C15H21FOSi. The average Bonchev–Trinajstić information content (AvgIpc) is 2.12. The van der Waals surface area contributed by atoms with Crippen LogP contribution >= 0.6 is 0 Å². The van der Waals surface area contributed by atoms with Crippen molar-refractivity contribution in [3.63, 3.8) is 0 Å². The van der Waals surface area contributed by atoms with Crippen LogP contribution in [0.5, 0.6) is 0 Å². The number of halogens is 1. The van der Waals surface area contributed by atoms with Crippen molar-refractivity contribution in [3.05, 3.63) is 35.1 Å². The van der Waals surface area contributed by atoms with Crippen molar-refractivity contribution in [1.29, 1.82) is 0 Å². The van der Waals surface area contributed by atoms with Crippen molar-refractivity contribution < 1.29 is 8.82 Å². The summed E-state index contributed by atoms with van der Waals surface area (Å²) in [6, 6.07) is 4.64. The van der Waals surface area contributed by atoms with Gasteiger partial charge in [0, 0.05) is 5.56 Å². The van der Waals surface area contributed by atoms with Gasteiger partial charge in [-0.15, -0.1) is 0 Å². The highest BCUT2D eigenvalue weighted by atomic mass is 28.4. The fourth-order valence-corrected chi connectivity index (χ4v) is 3.36. The Morgan fingerprint density at radius 2 is 1.83 bits per heavy atom. The topological polar surface area (TPSA) is 9.23 Å². The standard InChI is InChI=1S/C15H21FOSi/c1-12-11-14(16)8-7-13(12)9-10-15(2,3)17-18(4,5)6/h7-8,11H,1-6H3. The normalized spacial score (nSPS) is 11.9. The predicted octanol–water partition coefficient (Wildman–Crippen LogP) is 4.12. The summed E-state index contributed by atoms with van der Waals surface area (Å²) >= 11 is 0. The van der Waals surface area contributed by atoms with Crippen LogP contribution in [0, 0.1) is 24.6 Å². The minimum Gasteiger partial charge on any atom is -0.402 e. The second-order valence-electron chi connectivity index (χ2n) is 5.93. The maximum atomic E-state index is 13.0. The van der Waals surface area contributed by atoms with E-state index in [1.165, 1.54) is 12.1 Å². The first kappa shape index (κ1) is 14.9. The van der Waals surface area contributed by atoms with Gasteiger partial charge in [0.15, 0.2) is 8.32 Å². The van der Waals surface area contributed by atoms with Crippen molar-refractivity contribution in [2.75, 3.05) is 0 Å². The monoisotopic (exact) mass is 264 g/mol. The average molecular weight is 264 g/mol. The van der Waals surface area contributed by atoms with Gasteiger partial charge in [-0.25, -0.2) is 4.39 Å². The van der Waals surface area contributed by atoms with Crippen LogP contribution in [-0.2, 0) is 4.43 Å². The molecule has 0 spiro atoms. The summed E-state index contributed by atoms with van der Waals surface area (Å²) in [6.07, 6.45) is 0. The zero-order valence-corrected chi connectivity index (χ0v) is 13.0. The zero-order valence-electron chi connectivity index (χ0n) is 12.0. The van der Waals surface area contributed by atoms with E-state index in [-0.39, 0.29) is 5.82 Å². The van der Waals surface area contributed by atoms with Crippen LogP contribution in [0.3, 0.4) is 0 Å². The van der Waals surface area contributed by atoms with Gasteiger partial charge in [-0.3, -0.25) is 0 Å². The molecule has 98 valence electrons. The Morgan fingerprint density at radius 1 is 1.22 bits per heavy atom. The molecule has 0 saturated carbocycles. The first-order chi connectivity index (χ1) is 8.09. The summed E-state index contributed by atoms with van der Waals surface area (Å²) in [5.74, 6) is 5.99. The van der Waals surface area contributed by atoms with Gasteiger partial charge in [-0.1, -0.05) is 11.8 Å². The highest BCUT2D eigenvalue weighted by molar-refractivity contribution is 6.69. The van der Waals surface area contributed by atoms with Gasteiger partial charge < -0.3 is 4.43 Å². The van der Waals surface area contributed by atoms with Crippen molar-refractivity contribution in [1.82, 2.24) is 0 Å². The molecule has 0 aliphatic heterocycles. The Morgan fingerprint density at radius 3 is 2.33 bits per heavy atom. The first-order valence-electron chi connectivity index (χ1n) is 6.09. The van der Waals surface area contributed by atoms with E-state index in [0.29, 0.717) is 0 Å². The molecule has 0 N–H and O–H groups in total. The second-order valence-corrected chi connectivity index (χ2v) is 10.4. The Labute approximate surface area is 110 Å². The van der Waals surface area contributed by atoms with Crippen LogP contribution in [-0.4, -0.2) is 13.9 Å². The third-order valence-electron chi connectivity index (χ3n) is 2.25. The summed E-state index contributed by atoms with van der Waals surface area (Å²) in [4.78, 5) is 0. The maximum Gasteiger partial charge on any atom is 0.185 e. The Kier molecular flexibility index (Phi) is 4.36. The minimum atomic E-state index is -1.62. The van der Waals surface area contributed by atoms with Crippen LogP contribution in [0.1, 0.15) is 25.0 Å². The van der Waals surface area contributed by atoms with E-state index in [1.807, 2.05) is 20.8 Å². The number of hydrogen-bond donors (Lipinski definition) is 0. The van der Waals surface area contributed by atoms with Crippen LogP contribution < -0.4 is 0 Å². The number of benzene rings is 1. The van der Waals surface area contributed by atoms with E-state index in [9.17, 15) is 4.39 Å². The molecule has 0 unspecified atom stereocenters. The lowest BCUT2D eigenvalue weighted by Crippen LogP contribution is -2.37. The lowest BCUT2D eigenvalue weighted by Gasteiger charge is -2.28. The zero-order chi connectivity index (χ0) is 14.0. The van der Waals surface area contributed by atoms with Crippen LogP contribution in [0.25, 0.3) is 0 Å². The highest BCUT2D eigenvalue weighted by Crippen LogP contribution is 2.17. The van der Waals surface area contributed by atoms with Crippen molar-refractivity contribution >= 4 is 8.32 Å². The number of aryl methyl sites for hydroxylation is 1. The van der Waals surface area contributed by atoms with Gasteiger partial charge in [-0.05, 0) is 64.2 Å². The molecule has 0 atom stereocenters. The van der Waals surface area contributed by atoms with E-state index in [1.54, 1.807) is 6.07 Å². The minimum absolute atomic E-state index is 0.226. The molecule has 0 heterocycles. The quantitative estimate of drug-likeness (QED) is 0.577. The summed E-state index contributed by atoms with van der Waals surface area (Å²) in [5, 5.41) is 0. The van der Waals surface area contributed by atoms with E-state index in [4.69, 9.17) is 4.43 Å². The maximum absolute atomic E-state index is 13.0. The highest BCUT2D eigenvalue weighted by Gasteiger charge is 2.25. The third-order valence-corrected chi connectivity index (χ3v) is 3.37. The molecule has 1 rings (SSSR count). The lowest BCUT2D eigenvalue weighted by molar-refractivity contribution is 0.164. The molecular weight excluding hydrogens is 243 g/mol. The molecule has 1 nitrogen and oxygen atoms in total. The van der Waals surface area contributed by atoms with Gasteiger partial charge in [-0.2, -0.15) is 0 Å². The Bertz CT molecular complexity index is 489. The Balaban J connectivity index is 2.93. The van der Waals surface area contributed by atoms with Crippen LogP contribution in [0.15, 0.2) is 18.2 Å². The van der Waals surface area contributed by atoms with Crippen molar-refractivity contribution in [2.45, 2.75) is 46.0 Å². The molecule has 0 aromatic heterocycles. The SMILES string of the molecule is Cc1cc(F)ccc1C#CC(C)(C)O[Si](C)(C)C. The molecule has 0 aliphatic rings.